The predicted octanol–water partition coefficient (Wildman–Crippen LogP) is 6.05. The number of imide groups is 2. The number of nitrogens with one attached hydrogen (secondary N) is 3. The second-order valence-corrected chi connectivity index (χ2v) is 14.1. The lowest BCUT2D eigenvalue weighted by molar-refractivity contribution is -0.126. The van der Waals surface area contributed by atoms with Crippen molar-refractivity contribution >= 4 is 104 Å². The van der Waals surface area contributed by atoms with Crippen LogP contribution in [0.2, 0.25) is 0 Å². The third kappa shape index (κ3) is 9.24. The summed E-state index contributed by atoms with van der Waals surface area (Å²) in [6, 6.07) is 11.2. The Morgan fingerprint density at radius 3 is 1.81 bits per heavy atom. The van der Waals surface area contributed by atoms with Crippen molar-refractivity contribution in [3.8, 4) is 0 Å². The molecule has 0 radical (unpaired) electrons. The van der Waals surface area contributed by atoms with Gasteiger partial charge in [-0.2, -0.15) is 0 Å². The molecule has 2 aliphatic heterocycles. The van der Waals surface area contributed by atoms with Crippen LogP contribution in [0.3, 0.4) is 0 Å². The molecule has 2 aromatic carbocycles. The summed E-state index contributed by atoms with van der Waals surface area (Å²) in [7, 11) is 0. The second kappa shape index (κ2) is 16.8. The molecule has 0 unspecified atom stereocenters. The number of carbonyl (C=O) groups is 6. The van der Waals surface area contributed by atoms with Gasteiger partial charge in [-0.1, -0.05) is 12.1 Å². The van der Waals surface area contributed by atoms with Crippen molar-refractivity contribution in [2.75, 3.05) is 19.7 Å². The smallest absolute Gasteiger partial charge is 0.290 e. The summed E-state index contributed by atoms with van der Waals surface area (Å²) in [6.45, 7) is 2.54. The highest BCUT2D eigenvalue weighted by Crippen LogP contribution is 2.30. The zero-order valence-corrected chi connectivity index (χ0v) is 30.0. The summed E-state index contributed by atoms with van der Waals surface area (Å²) in [5, 5.41) is 17.3. The number of aliphatic hydroxyl groups excluding tert-OH is 1. The molecule has 15 heteroatoms. The van der Waals surface area contributed by atoms with Crippen LogP contribution in [0.15, 0.2) is 79.7 Å². The lowest BCUT2D eigenvalue weighted by Gasteiger charge is -2.25. The lowest BCUT2D eigenvalue weighted by Crippen LogP contribution is -2.38. The normalized spacial score (nSPS) is 17.5. The van der Waals surface area contributed by atoms with Crippen LogP contribution >= 0.6 is 23.5 Å². The molecule has 272 valence electrons. The molecule has 2 aromatic heterocycles. The minimum atomic E-state index is -0.411. The number of hydrogen-bond donors (Lipinski definition) is 4. The Balaban J connectivity index is 0.000000181. The van der Waals surface area contributed by atoms with Crippen LogP contribution in [0.1, 0.15) is 48.4 Å². The van der Waals surface area contributed by atoms with Crippen molar-refractivity contribution < 1.29 is 42.7 Å². The Morgan fingerprint density at radius 2 is 1.38 bits per heavy atom. The molecule has 0 bridgehead atoms. The van der Waals surface area contributed by atoms with Crippen molar-refractivity contribution in [2.24, 2.45) is 0 Å². The Bertz CT molecular complexity index is 2240. The average molecular weight is 755 g/mol. The summed E-state index contributed by atoms with van der Waals surface area (Å²) in [5.41, 5.74) is 4.35. The fourth-order valence-electron chi connectivity index (χ4n) is 5.49. The van der Waals surface area contributed by atoms with E-state index in [1.54, 1.807) is 55.0 Å². The first-order valence-corrected chi connectivity index (χ1v) is 18.3. The van der Waals surface area contributed by atoms with Crippen molar-refractivity contribution in [3.63, 3.8) is 0 Å². The van der Waals surface area contributed by atoms with Crippen molar-refractivity contribution in [1.82, 2.24) is 20.9 Å². The molecule has 1 saturated carbocycles. The van der Waals surface area contributed by atoms with Crippen LogP contribution in [0.4, 0.5) is 9.59 Å². The monoisotopic (exact) mass is 754 g/mol. The molecule has 4 N–H and O–H groups in total. The first-order valence-electron chi connectivity index (χ1n) is 16.7. The fourth-order valence-corrected chi connectivity index (χ4v) is 6.86. The van der Waals surface area contributed by atoms with Gasteiger partial charge in [-0.05, 0) is 109 Å². The highest BCUT2D eigenvalue weighted by Gasteiger charge is 2.26. The molecule has 3 fully saturated rings. The van der Waals surface area contributed by atoms with Gasteiger partial charge in [0.15, 0.2) is 0 Å². The quantitative estimate of drug-likeness (QED) is 0.138. The van der Waals surface area contributed by atoms with Crippen LogP contribution in [-0.2, 0) is 19.2 Å². The number of amides is 6. The van der Waals surface area contributed by atoms with E-state index in [0.29, 0.717) is 33.6 Å². The highest BCUT2D eigenvalue weighted by molar-refractivity contribution is 8.18. The molecule has 7 rings (SSSR count). The number of rotatable bonds is 10. The molecule has 3 aliphatic rings. The number of aliphatic hydroxyl groups is 1. The van der Waals surface area contributed by atoms with Crippen LogP contribution in [-0.4, -0.2) is 69.9 Å². The molecule has 1 aliphatic carbocycles. The standard InChI is InChI=1S/C19H18N2O5S.C19H16N2O4S/c1-2-21(7-8-22)17(23)6-4-13-11-26-15-5-3-12(9-14(13)15)10-16-18(24)20-19(25)27-16;22-17(20-13-2-1-3-13)7-5-12-10-25-15-6-4-11(8-14(12)15)9-16-18(23)21-19(24)26-16/h3-6,9-11,22H,2,7-8H2,1H3,(H,20,24,25);4-10,13H,1-3H2,(H,20,22)(H,21,23,24). The third-order valence-electron chi connectivity index (χ3n) is 8.47. The van der Waals surface area contributed by atoms with Gasteiger partial charge in [0.2, 0.25) is 11.8 Å². The summed E-state index contributed by atoms with van der Waals surface area (Å²) < 4.78 is 11.0. The van der Waals surface area contributed by atoms with E-state index in [4.69, 9.17) is 13.9 Å². The maximum atomic E-state index is 12.2. The molecular weight excluding hydrogens is 721 g/mol. The van der Waals surface area contributed by atoms with E-state index in [0.717, 1.165) is 69.4 Å². The first-order chi connectivity index (χ1) is 25.6. The van der Waals surface area contributed by atoms with Crippen molar-refractivity contribution in [1.29, 1.82) is 0 Å². The van der Waals surface area contributed by atoms with Crippen LogP contribution in [0.25, 0.3) is 46.2 Å². The van der Waals surface area contributed by atoms with Gasteiger partial charge in [-0.3, -0.25) is 39.4 Å². The highest BCUT2D eigenvalue weighted by atomic mass is 32.2. The number of hydrogen-bond acceptors (Lipinski definition) is 11. The molecule has 13 nitrogen and oxygen atoms in total. The fraction of sp³-hybridized carbons (Fsp3) is 0.211. The number of likely N-dealkylation sites (N-methyl/N-ethyl adjacent to an activating group) is 1. The van der Waals surface area contributed by atoms with E-state index in [-0.39, 0.29) is 41.4 Å². The van der Waals surface area contributed by atoms with E-state index < -0.39 is 5.91 Å². The van der Waals surface area contributed by atoms with E-state index in [2.05, 4.69) is 16.0 Å². The molecule has 4 aromatic rings. The summed E-state index contributed by atoms with van der Waals surface area (Å²) in [6.07, 6.45) is 16.0. The van der Waals surface area contributed by atoms with Crippen molar-refractivity contribution in [2.45, 2.75) is 32.2 Å². The maximum absolute atomic E-state index is 12.2. The SMILES string of the molecule is CCN(CCO)C(=O)C=Cc1coc2ccc(C=C3SC(=O)NC3=O)cc12.O=C(C=Cc1coc2ccc(C=C3SC(=O)NC3=O)cc12)NC1CCC1. The van der Waals surface area contributed by atoms with Gasteiger partial charge in [-0.25, -0.2) is 0 Å². The number of thioether (sulfide) groups is 2. The number of furan rings is 2. The van der Waals surface area contributed by atoms with Gasteiger partial charge in [0.25, 0.3) is 22.3 Å². The number of fused-ring (bicyclic) bond motifs is 2. The Kier molecular flexibility index (Phi) is 11.8. The van der Waals surface area contributed by atoms with Crippen molar-refractivity contribution in [3.05, 3.63) is 93.1 Å². The molecule has 4 heterocycles. The summed E-state index contributed by atoms with van der Waals surface area (Å²) >= 11 is 1.74. The molecule has 0 spiro atoms. The van der Waals surface area contributed by atoms with Gasteiger partial charge in [0.05, 0.1) is 28.9 Å². The van der Waals surface area contributed by atoms with Gasteiger partial charge in [-0.15, -0.1) is 0 Å². The average Bonchev–Trinajstić information content (AvgIpc) is 3.88. The number of benzene rings is 2. The molecule has 53 heavy (non-hydrogen) atoms. The van der Waals surface area contributed by atoms with E-state index in [1.165, 1.54) is 23.5 Å². The van der Waals surface area contributed by atoms with Gasteiger partial charge in [0, 0.05) is 53.2 Å². The predicted molar refractivity (Wildman–Crippen MR) is 204 cm³/mol. The number of carbonyl (C=O) groups excluding carboxylic acids is 6. The van der Waals surface area contributed by atoms with Gasteiger partial charge in [0.1, 0.15) is 11.2 Å². The van der Waals surface area contributed by atoms with E-state index in [9.17, 15) is 28.8 Å². The van der Waals surface area contributed by atoms with Gasteiger partial charge < -0.3 is 24.2 Å². The second-order valence-electron chi connectivity index (χ2n) is 12.0. The molecule has 2 saturated heterocycles. The van der Waals surface area contributed by atoms with Gasteiger partial charge >= 0.3 is 0 Å². The minimum absolute atomic E-state index is 0.0891. The molecule has 6 amide bonds. The third-order valence-corrected chi connectivity index (χ3v) is 10.1. The zero-order valence-electron chi connectivity index (χ0n) is 28.4. The Morgan fingerprint density at radius 1 is 0.849 bits per heavy atom. The largest absolute Gasteiger partial charge is 0.464 e. The Hall–Kier alpha value is -5.64. The van der Waals surface area contributed by atoms with Crippen LogP contribution in [0.5, 0.6) is 0 Å². The number of nitrogens with zero attached hydrogens (tertiary/aromatic N) is 1. The molecular formula is C38H34N4O9S2. The van der Waals surface area contributed by atoms with Crippen LogP contribution < -0.4 is 16.0 Å². The minimum Gasteiger partial charge on any atom is -0.464 e. The first kappa shape index (κ1) is 37.1. The maximum Gasteiger partial charge on any atom is 0.290 e. The summed E-state index contributed by atoms with van der Waals surface area (Å²) in [4.78, 5) is 72.2. The van der Waals surface area contributed by atoms with Crippen LogP contribution in [0, 0.1) is 0 Å². The topological polar surface area (TPSA) is 188 Å². The lowest BCUT2D eigenvalue weighted by atomic mass is 9.93. The van der Waals surface area contributed by atoms with E-state index in [1.807, 2.05) is 25.1 Å². The zero-order chi connectivity index (χ0) is 37.5. The summed E-state index contributed by atoms with van der Waals surface area (Å²) in [5.74, 6) is -1.11. The Labute approximate surface area is 311 Å². The van der Waals surface area contributed by atoms with E-state index >= 15 is 0 Å². The molecule has 0 atom stereocenters.